The first-order valence-corrected chi connectivity index (χ1v) is 8.85. The largest absolute Gasteiger partial charge is 0.508 e. The minimum atomic E-state index is 0.239. The third-order valence-corrected chi connectivity index (χ3v) is 5.37. The molecular formula is C19H15N3OS. The van der Waals surface area contributed by atoms with Crippen LogP contribution in [0.4, 0.5) is 11.5 Å². The Labute approximate surface area is 142 Å². The molecule has 4 aromatic rings. The number of rotatable bonds is 3. The van der Waals surface area contributed by atoms with Gasteiger partial charge in [-0.05, 0) is 31.0 Å². The maximum Gasteiger partial charge on any atom is 0.143 e. The molecule has 2 aromatic carbocycles. The minimum absolute atomic E-state index is 0.239. The monoisotopic (exact) mass is 333 g/mol. The Kier molecular flexibility index (Phi) is 2.97. The fourth-order valence-corrected chi connectivity index (χ4v) is 4.06. The van der Waals surface area contributed by atoms with Crippen LogP contribution in [-0.2, 0) is 0 Å². The maximum atomic E-state index is 9.72. The van der Waals surface area contributed by atoms with Gasteiger partial charge in [-0.1, -0.05) is 24.3 Å². The quantitative estimate of drug-likeness (QED) is 0.543. The first-order valence-electron chi connectivity index (χ1n) is 8.03. The zero-order valence-corrected chi connectivity index (χ0v) is 13.7. The van der Waals surface area contributed by atoms with Gasteiger partial charge in [0.15, 0.2) is 0 Å². The van der Waals surface area contributed by atoms with Gasteiger partial charge in [0.25, 0.3) is 0 Å². The van der Waals surface area contributed by atoms with Crippen molar-refractivity contribution in [3.63, 3.8) is 0 Å². The van der Waals surface area contributed by atoms with E-state index in [0.29, 0.717) is 5.92 Å². The topological polar surface area (TPSA) is 58.0 Å². The number of thiophene rings is 1. The first-order chi connectivity index (χ1) is 11.8. The summed E-state index contributed by atoms with van der Waals surface area (Å²) in [5.41, 5.74) is 0.826. The van der Waals surface area contributed by atoms with E-state index < -0.39 is 0 Å². The van der Waals surface area contributed by atoms with Crippen molar-refractivity contribution >= 4 is 43.1 Å². The zero-order chi connectivity index (χ0) is 16.1. The Morgan fingerprint density at radius 2 is 1.92 bits per heavy atom. The van der Waals surface area contributed by atoms with Gasteiger partial charge >= 0.3 is 0 Å². The molecular weight excluding hydrogens is 318 g/mol. The van der Waals surface area contributed by atoms with Crippen molar-refractivity contribution in [2.75, 3.05) is 5.32 Å². The van der Waals surface area contributed by atoms with E-state index in [1.165, 1.54) is 22.9 Å². The number of hydrogen-bond donors (Lipinski definition) is 2. The molecule has 0 saturated heterocycles. The molecule has 5 heteroatoms. The Hall–Kier alpha value is -2.66. The Morgan fingerprint density at radius 1 is 1.04 bits per heavy atom. The lowest BCUT2D eigenvalue weighted by Gasteiger charge is -2.09. The van der Waals surface area contributed by atoms with Crippen molar-refractivity contribution in [2.45, 2.75) is 18.8 Å². The number of phenols is 1. The van der Waals surface area contributed by atoms with Crippen LogP contribution in [-0.4, -0.2) is 15.1 Å². The normalized spacial score (nSPS) is 14.3. The summed E-state index contributed by atoms with van der Waals surface area (Å²) in [5, 5.41) is 15.3. The molecule has 1 fully saturated rings. The third-order valence-electron chi connectivity index (χ3n) is 4.31. The summed E-state index contributed by atoms with van der Waals surface area (Å²) in [5.74, 6) is 2.48. The van der Waals surface area contributed by atoms with Gasteiger partial charge in [-0.15, -0.1) is 11.3 Å². The van der Waals surface area contributed by atoms with Gasteiger partial charge in [0.05, 0.1) is 5.39 Å². The number of nitrogens with zero attached hydrogens (tertiary/aromatic N) is 2. The zero-order valence-electron chi connectivity index (χ0n) is 12.9. The highest BCUT2D eigenvalue weighted by Crippen LogP contribution is 2.43. The second-order valence-electron chi connectivity index (χ2n) is 6.16. The molecule has 118 valence electrons. The average molecular weight is 333 g/mol. The summed E-state index contributed by atoms with van der Waals surface area (Å²) in [4.78, 5) is 10.6. The highest BCUT2D eigenvalue weighted by molar-refractivity contribution is 7.25. The van der Waals surface area contributed by atoms with Gasteiger partial charge in [0.2, 0.25) is 0 Å². The molecule has 2 aromatic heterocycles. The van der Waals surface area contributed by atoms with Gasteiger partial charge < -0.3 is 10.4 Å². The predicted octanol–water partition coefficient (Wildman–Crippen LogP) is 5.17. The van der Waals surface area contributed by atoms with E-state index in [1.54, 1.807) is 23.5 Å². The SMILES string of the molecule is Oc1cccc(Nc2nc(C3CC3)nc3sc4ccccc4c23)c1. The first kappa shape index (κ1) is 13.7. The van der Waals surface area contributed by atoms with Gasteiger partial charge in [0.1, 0.15) is 22.2 Å². The van der Waals surface area contributed by atoms with E-state index in [9.17, 15) is 5.11 Å². The van der Waals surface area contributed by atoms with Crippen molar-refractivity contribution in [1.29, 1.82) is 0 Å². The van der Waals surface area contributed by atoms with Gasteiger partial charge in [-0.25, -0.2) is 9.97 Å². The molecule has 0 amide bonds. The number of fused-ring (bicyclic) bond motifs is 3. The second kappa shape index (κ2) is 5.18. The van der Waals surface area contributed by atoms with Crippen molar-refractivity contribution in [3.8, 4) is 5.75 Å². The fraction of sp³-hybridized carbons (Fsp3) is 0.158. The van der Waals surface area contributed by atoms with Gasteiger partial charge in [-0.3, -0.25) is 0 Å². The van der Waals surface area contributed by atoms with E-state index in [2.05, 4.69) is 23.5 Å². The van der Waals surface area contributed by atoms with Crippen LogP contribution in [0.1, 0.15) is 24.6 Å². The lowest BCUT2D eigenvalue weighted by Crippen LogP contribution is -1.99. The molecule has 4 nitrogen and oxygen atoms in total. The van der Waals surface area contributed by atoms with Crippen LogP contribution in [0, 0.1) is 0 Å². The summed E-state index contributed by atoms with van der Waals surface area (Å²) in [6.45, 7) is 0. The van der Waals surface area contributed by atoms with Crippen molar-refractivity contribution in [3.05, 3.63) is 54.4 Å². The van der Waals surface area contributed by atoms with Gasteiger partial charge in [-0.2, -0.15) is 0 Å². The molecule has 1 aliphatic carbocycles. The lowest BCUT2D eigenvalue weighted by molar-refractivity contribution is 0.475. The highest BCUT2D eigenvalue weighted by atomic mass is 32.1. The molecule has 2 heterocycles. The van der Waals surface area contributed by atoms with Crippen LogP contribution < -0.4 is 5.32 Å². The second-order valence-corrected chi connectivity index (χ2v) is 7.19. The molecule has 2 N–H and O–H groups in total. The van der Waals surface area contributed by atoms with Crippen molar-refractivity contribution in [1.82, 2.24) is 9.97 Å². The standard InChI is InChI=1S/C19H15N3OS/c23-13-5-3-4-12(10-13)20-18-16-14-6-1-2-7-15(14)24-19(16)22-17(21-18)11-8-9-11/h1-7,10-11,23H,8-9H2,(H,20,21,22). The summed E-state index contributed by atoms with van der Waals surface area (Å²) in [6, 6.07) is 15.5. The predicted molar refractivity (Wildman–Crippen MR) is 98.3 cm³/mol. The number of anilines is 2. The smallest absolute Gasteiger partial charge is 0.143 e. The molecule has 1 saturated carbocycles. The summed E-state index contributed by atoms with van der Waals surface area (Å²) < 4.78 is 1.22. The fourth-order valence-electron chi connectivity index (χ4n) is 2.97. The minimum Gasteiger partial charge on any atom is -0.508 e. The highest BCUT2D eigenvalue weighted by Gasteiger charge is 2.28. The average Bonchev–Trinajstić information content (AvgIpc) is 3.35. The molecule has 0 unspecified atom stereocenters. The van der Waals surface area contributed by atoms with Crippen LogP contribution in [0.2, 0.25) is 0 Å². The Morgan fingerprint density at radius 3 is 2.75 bits per heavy atom. The molecule has 24 heavy (non-hydrogen) atoms. The van der Waals surface area contributed by atoms with Crippen LogP contribution in [0.15, 0.2) is 48.5 Å². The Bertz CT molecular complexity index is 1070. The molecule has 0 radical (unpaired) electrons. The van der Waals surface area contributed by atoms with Crippen molar-refractivity contribution < 1.29 is 5.11 Å². The summed E-state index contributed by atoms with van der Waals surface area (Å²) in [6.07, 6.45) is 2.34. The molecule has 1 aliphatic rings. The molecule has 0 atom stereocenters. The number of nitrogens with one attached hydrogen (secondary N) is 1. The van der Waals surface area contributed by atoms with E-state index in [4.69, 9.17) is 9.97 Å². The van der Waals surface area contributed by atoms with Crippen molar-refractivity contribution in [2.24, 2.45) is 0 Å². The van der Waals surface area contributed by atoms with E-state index >= 15 is 0 Å². The summed E-state index contributed by atoms with van der Waals surface area (Å²) in [7, 11) is 0. The van der Waals surface area contributed by atoms with Gasteiger partial charge in [0, 0.05) is 27.8 Å². The lowest BCUT2D eigenvalue weighted by atomic mass is 10.2. The molecule has 0 bridgehead atoms. The van der Waals surface area contributed by atoms with Crippen LogP contribution in [0.25, 0.3) is 20.3 Å². The van der Waals surface area contributed by atoms with Crippen LogP contribution >= 0.6 is 11.3 Å². The Balaban J connectivity index is 1.74. The molecule has 0 aliphatic heterocycles. The molecule has 0 spiro atoms. The van der Waals surface area contributed by atoms with Crippen LogP contribution in [0.3, 0.4) is 0 Å². The number of hydrogen-bond acceptors (Lipinski definition) is 5. The number of benzene rings is 2. The summed E-state index contributed by atoms with van der Waals surface area (Å²) >= 11 is 1.71. The maximum absolute atomic E-state index is 9.72. The van der Waals surface area contributed by atoms with E-state index in [0.717, 1.165) is 27.5 Å². The van der Waals surface area contributed by atoms with E-state index in [-0.39, 0.29) is 5.75 Å². The third kappa shape index (κ3) is 2.29. The number of phenolic OH excluding ortho intramolecular Hbond substituents is 1. The van der Waals surface area contributed by atoms with Crippen LogP contribution in [0.5, 0.6) is 5.75 Å². The number of aromatic nitrogens is 2. The number of aromatic hydroxyl groups is 1. The molecule has 5 rings (SSSR count). The van der Waals surface area contributed by atoms with E-state index in [1.807, 2.05) is 18.2 Å².